The molecular weight excluding hydrogens is 236 g/mol. The SMILES string of the molecule is Cc1ccc2ncc3nc(CCCN)n(C)c3c2c1. The van der Waals surface area contributed by atoms with Gasteiger partial charge < -0.3 is 10.3 Å². The van der Waals surface area contributed by atoms with E-state index in [4.69, 9.17) is 5.73 Å². The molecule has 0 atom stereocenters. The lowest BCUT2D eigenvalue weighted by Crippen LogP contribution is -2.04. The van der Waals surface area contributed by atoms with Crippen LogP contribution in [-0.4, -0.2) is 21.1 Å². The molecule has 19 heavy (non-hydrogen) atoms. The summed E-state index contributed by atoms with van der Waals surface area (Å²) in [5.74, 6) is 1.08. The highest BCUT2D eigenvalue weighted by Gasteiger charge is 2.11. The van der Waals surface area contributed by atoms with E-state index in [9.17, 15) is 0 Å². The van der Waals surface area contributed by atoms with Crippen LogP contribution in [0.5, 0.6) is 0 Å². The number of hydrogen-bond acceptors (Lipinski definition) is 3. The molecule has 98 valence electrons. The van der Waals surface area contributed by atoms with Crippen molar-refractivity contribution in [2.75, 3.05) is 6.54 Å². The lowest BCUT2D eigenvalue weighted by atomic mass is 10.1. The van der Waals surface area contributed by atoms with E-state index >= 15 is 0 Å². The molecule has 0 bridgehead atoms. The van der Waals surface area contributed by atoms with Crippen molar-refractivity contribution in [3.05, 3.63) is 35.8 Å². The van der Waals surface area contributed by atoms with Crippen LogP contribution in [0.2, 0.25) is 0 Å². The summed E-state index contributed by atoms with van der Waals surface area (Å²) in [5, 5.41) is 1.17. The van der Waals surface area contributed by atoms with Crippen LogP contribution in [0.1, 0.15) is 17.8 Å². The molecule has 1 aromatic carbocycles. The van der Waals surface area contributed by atoms with Gasteiger partial charge in [-0.05, 0) is 32.0 Å². The van der Waals surface area contributed by atoms with Crippen LogP contribution in [0.15, 0.2) is 24.4 Å². The van der Waals surface area contributed by atoms with E-state index in [1.165, 1.54) is 16.5 Å². The van der Waals surface area contributed by atoms with E-state index in [1.54, 1.807) is 0 Å². The highest BCUT2D eigenvalue weighted by atomic mass is 15.1. The molecule has 0 saturated heterocycles. The van der Waals surface area contributed by atoms with Crippen molar-refractivity contribution >= 4 is 21.9 Å². The molecule has 2 heterocycles. The standard InChI is InChI=1S/C15H18N4/c1-10-5-6-12-11(8-10)15-13(9-17-12)18-14(19(15)2)4-3-7-16/h5-6,8-9H,3-4,7,16H2,1-2H3. The molecule has 0 unspecified atom stereocenters. The second-order valence-corrected chi connectivity index (χ2v) is 4.99. The van der Waals surface area contributed by atoms with Crippen LogP contribution < -0.4 is 5.73 Å². The number of rotatable bonds is 3. The molecular formula is C15H18N4. The Balaban J connectivity index is 2.28. The van der Waals surface area contributed by atoms with Gasteiger partial charge in [-0.3, -0.25) is 4.98 Å². The largest absolute Gasteiger partial charge is 0.331 e. The van der Waals surface area contributed by atoms with Crippen LogP contribution in [0.3, 0.4) is 0 Å². The molecule has 0 spiro atoms. The fraction of sp³-hybridized carbons (Fsp3) is 0.333. The summed E-state index contributed by atoms with van der Waals surface area (Å²) in [5.41, 5.74) is 9.98. The van der Waals surface area contributed by atoms with Gasteiger partial charge in [0.1, 0.15) is 11.3 Å². The second-order valence-electron chi connectivity index (χ2n) is 4.99. The maximum absolute atomic E-state index is 5.58. The van der Waals surface area contributed by atoms with Crippen LogP contribution >= 0.6 is 0 Å². The highest BCUT2D eigenvalue weighted by Crippen LogP contribution is 2.25. The summed E-state index contributed by atoms with van der Waals surface area (Å²) in [6, 6.07) is 6.34. The molecule has 0 fully saturated rings. The molecule has 2 N–H and O–H groups in total. The number of pyridine rings is 1. The Kier molecular flexibility index (Phi) is 2.95. The summed E-state index contributed by atoms with van der Waals surface area (Å²) in [6.07, 6.45) is 3.73. The van der Waals surface area contributed by atoms with Crippen LogP contribution in [0.25, 0.3) is 21.9 Å². The Labute approximate surface area is 112 Å². The van der Waals surface area contributed by atoms with Gasteiger partial charge in [-0.25, -0.2) is 4.98 Å². The van der Waals surface area contributed by atoms with Crippen molar-refractivity contribution < 1.29 is 0 Å². The van der Waals surface area contributed by atoms with E-state index in [-0.39, 0.29) is 0 Å². The number of aromatic nitrogens is 3. The first-order chi connectivity index (χ1) is 9.20. The maximum Gasteiger partial charge on any atom is 0.109 e. The highest BCUT2D eigenvalue weighted by molar-refractivity contribution is 6.02. The van der Waals surface area contributed by atoms with Gasteiger partial charge in [0.25, 0.3) is 0 Å². The Morgan fingerprint density at radius 2 is 2.11 bits per heavy atom. The van der Waals surface area contributed by atoms with Crippen molar-refractivity contribution in [3.8, 4) is 0 Å². The topological polar surface area (TPSA) is 56.7 Å². The lowest BCUT2D eigenvalue weighted by Gasteiger charge is -2.04. The average molecular weight is 254 g/mol. The van der Waals surface area contributed by atoms with Crippen molar-refractivity contribution in [1.82, 2.24) is 14.5 Å². The number of imidazole rings is 1. The third kappa shape index (κ3) is 1.98. The van der Waals surface area contributed by atoms with Crippen molar-refractivity contribution in [1.29, 1.82) is 0 Å². The number of fused-ring (bicyclic) bond motifs is 3. The minimum Gasteiger partial charge on any atom is -0.331 e. The number of nitrogens with zero attached hydrogens (tertiary/aromatic N) is 3. The van der Waals surface area contributed by atoms with E-state index in [0.717, 1.165) is 29.7 Å². The van der Waals surface area contributed by atoms with Gasteiger partial charge in [0.2, 0.25) is 0 Å². The molecule has 0 aliphatic heterocycles. The molecule has 4 heteroatoms. The molecule has 0 radical (unpaired) electrons. The summed E-state index contributed by atoms with van der Waals surface area (Å²) < 4.78 is 2.18. The van der Waals surface area contributed by atoms with Gasteiger partial charge in [0.05, 0.1) is 17.2 Å². The minimum absolute atomic E-state index is 0.696. The van der Waals surface area contributed by atoms with Crippen LogP contribution in [0, 0.1) is 6.92 Å². The fourth-order valence-electron chi connectivity index (χ4n) is 2.54. The maximum atomic E-state index is 5.58. The molecule has 0 aliphatic rings. The average Bonchev–Trinajstić information content (AvgIpc) is 2.73. The Bertz CT molecular complexity index is 743. The summed E-state index contributed by atoms with van der Waals surface area (Å²) in [7, 11) is 2.07. The van der Waals surface area contributed by atoms with Crippen LogP contribution in [0.4, 0.5) is 0 Å². The van der Waals surface area contributed by atoms with Gasteiger partial charge in [0, 0.05) is 18.9 Å². The first kappa shape index (κ1) is 12.1. The first-order valence-electron chi connectivity index (χ1n) is 6.61. The molecule has 2 aromatic heterocycles. The first-order valence-corrected chi connectivity index (χ1v) is 6.61. The van der Waals surface area contributed by atoms with E-state index in [0.29, 0.717) is 6.54 Å². The molecule has 3 aromatic rings. The third-order valence-corrected chi connectivity index (χ3v) is 3.55. The molecule has 0 aliphatic carbocycles. The van der Waals surface area contributed by atoms with Crippen molar-refractivity contribution in [2.45, 2.75) is 19.8 Å². The zero-order valence-corrected chi connectivity index (χ0v) is 11.3. The predicted octanol–water partition coefficient (Wildman–Crippen LogP) is 2.32. The van der Waals surface area contributed by atoms with Crippen molar-refractivity contribution in [3.63, 3.8) is 0 Å². The number of nitrogens with two attached hydrogens (primary N) is 1. The Hall–Kier alpha value is -1.94. The second kappa shape index (κ2) is 4.63. The predicted molar refractivity (Wildman–Crippen MR) is 78.1 cm³/mol. The molecule has 4 nitrogen and oxygen atoms in total. The zero-order chi connectivity index (χ0) is 13.4. The normalized spacial score (nSPS) is 11.5. The van der Waals surface area contributed by atoms with Crippen molar-refractivity contribution in [2.24, 2.45) is 12.8 Å². The number of benzene rings is 1. The summed E-state index contributed by atoms with van der Waals surface area (Å²) in [6.45, 7) is 2.80. The number of aryl methyl sites for hydroxylation is 3. The number of hydrogen-bond donors (Lipinski definition) is 1. The summed E-state index contributed by atoms with van der Waals surface area (Å²) in [4.78, 5) is 9.16. The van der Waals surface area contributed by atoms with E-state index < -0.39 is 0 Å². The molecule has 0 saturated carbocycles. The van der Waals surface area contributed by atoms with Gasteiger partial charge >= 0.3 is 0 Å². The Morgan fingerprint density at radius 1 is 1.26 bits per heavy atom. The van der Waals surface area contributed by atoms with Gasteiger partial charge in [-0.1, -0.05) is 11.6 Å². The minimum atomic E-state index is 0.696. The van der Waals surface area contributed by atoms with Gasteiger partial charge in [-0.2, -0.15) is 0 Å². The lowest BCUT2D eigenvalue weighted by molar-refractivity contribution is 0.741. The smallest absolute Gasteiger partial charge is 0.109 e. The van der Waals surface area contributed by atoms with Gasteiger partial charge in [0.15, 0.2) is 0 Å². The van der Waals surface area contributed by atoms with Gasteiger partial charge in [-0.15, -0.1) is 0 Å². The quantitative estimate of drug-likeness (QED) is 0.780. The molecule has 3 rings (SSSR count). The Morgan fingerprint density at radius 3 is 2.89 bits per heavy atom. The third-order valence-electron chi connectivity index (χ3n) is 3.55. The fourth-order valence-corrected chi connectivity index (χ4v) is 2.54. The van der Waals surface area contributed by atoms with E-state index in [1.807, 2.05) is 6.20 Å². The molecule has 0 amide bonds. The monoisotopic (exact) mass is 254 g/mol. The van der Waals surface area contributed by atoms with E-state index in [2.05, 4.69) is 46.7 Å². The van der Waals surface area contributed by atoms with Crippen LogP contribution in [-0.2, 0) is 13.5 Å². The summed E-state index contributed by atoms with van der Waals surface area (Å²) >= 11 is 0. The zero-order valence-electron chi connectivity index (χ0n) is 11.3.